The van der Waals surface area contributed by atoms with Gasteiger partial charge in [-0.3, -0.25) is 0 Å². The first-order valence-electron chi connectivity index (χ1n) is 5.53. The van der Waals surface area contributed by atoms with Crippen molar-refractivity contribution in [3.63, 3.8) is 0 Å². The van der Waals surface area contributed by atoms with Crippen LogP contribution in [0.5, 0.6) is 0 Å². The Morgan fingerprint density at radius 3 is 2.76 bits per heavy atom. The lowest BCUT2D eigenvalue weighted by atomic mass is 10.2. The molecule has 4 heteroatoms. The summed E-state index contributed by atoms with van der Waals surface area (Å²) in [5.41, 5.74) is 2.14. The summed E-state index contributed by atoms with van der Waals surface area (Å²) in [5.74, 6) is 0.917. The lowest BCUT2D eigenvalue weighted by Gasteiger charge is -2.17. The highest BCUT2D eigenvalue weighted by atomic mass is 32.1. The summed E-state index contributed by atoms with van der Waals surface area (Å²) >= 11 is 1.70. The molecule has 1 atom stereocenters. The van der Waals surface area contributed by atoms with Crippen LogP contribution in [0.15, 0.2) is 35.2 Å². The molecule has 2 aromatic rings. The van der Waals surface area contributed by atoms with E-state index in [-0.39, 0.29) is 0 Å². The zero-order valence-corrected chi connectivity index (χ0v) is 10.8. The maximum Gasteiger partial charge on any atom is 0.128 e. The average Bonchev–Trinajstić information content (AvgIpc) is 2.82. The van der Waals surface area contributed by atoms with Gasteiger partial charge in [-0.2, -0.15) is 11.3 Å². The van der Waals surface area contributed by atoms with Crippen LogP contribution < -0.4 is 4.90 Å². The molecule has 3 nitrogen and oxygen atoms in total. The van der Waals surface area contributed by atoms with E-state index in [4.69, 9.17) is 0 Å². The Hall–Kier alpha value is -1.39. The highest BCUT2D eigenvalue weighted by Crippen LogP contribution is 2.17. The van der Waals surface area contributed by atoms with E-state index in [0.717, 1.165) is 17.9 Å². The number of thiophene rings is 1. The molecule has 0 aliphatic heterocycles. The summed E-state index contributed by atoms with van der Waals surface area (Å²) in [6.07, 6.45) is 1.27. The van der Waals surface area contributed by atoms with Crippen LogP contribution in [0.1, 0.15) is 24.2 Å². The minimum absolute atomic E-state index is 0.460. The van der Waals surface area contributed by atoms with Crippen LogP contribution in [0.2, 0.25) is 0 Å². The van der Waals surface area contributed by atoms with Gasteiger partial charge in [0.25, 0.3) is 0 Å². The van der Waals surface area contributed by atoms with Crippen molar-refractivity contribution in [1.29, 1.82) is 0 Å². The van der Waals surface area contributed by atoms with Gasteiger partial charge in [0, 0.05) is 19.8 Å². The minimum atomic E-state index is -0.460. The summed E-state index contributed by atoms with van der Waals surface area (Å²) in [4.78, 5) is 6.44. The summed E-state index contributed by atoms with van der Waals surface area (Å²) < 4.78 is 0. The smallest absolute Gasteiger partial charge is 0.128 e. The van der Waals surface area contributed by atoms with Crippen molar-refractivity contribution in [3.05, 3.63) is 46.3 Å². The van der Waals surface area contributed by atoms with Crippen LogP contribution in [0, 0.1) is 0 Å². The lowest BCUT2D eigenvalue weighted by molar-refractivity contribution is 0.199. The molecule has 0 saturated heterocycles. The van der Waals surface area contributed by atoms with E-state index in [1.54, 1.807) is 24.5 Å². The zero-order valence-electron chi connectivity index (χ0n) is 10.00. The number of aromatic nitrogens is 1. The van der Waals surface area contributed by atoms with Crippen LogP contribution in [-0.4, -0.2) is 17.1 Å². The maximum atomic E-state index is 9.41. The van der Waals surface area contributed by atoms with E-state index in [0.29, 0.717) is 0 Å². The van der Waals surface area contributed by atoms with E-state index < -0.39 is 6.10 Å². The first-order chi connectivity index (χ1) is 8.16. The third-order valence-corrected chi connectivity index (χ3v) is 3.38. The van der Waals surface area contributed by atoms with Crippen molar-refractivity contribution < 1.29 is 5.11 Å². The zero-order chi connectivity index (χ0) is 12.3. The fourth-order valence-electron chi connectivity index (χ4n) is 1.61. The van der Waals surface area contributed by atoms with Gasteiger partial charge in [0.05, 0.1) is 6.10 Å². The fourth-order valence-corrected chi connectivity index (χ4v) is 2.27. The normalized spacial score (nSPS) is 12.4. The van der Waals surface area contributed by atoms with E-state index >= 15 is 0 Å². The number of nitrogens with zero attached hydrogens (tertiary/aromatic N) is 2. The number of anilines is 1. The molecular formula is C13H16N2OS. The lowest BCUT2D eigenvalue weighted by Crippen LogP contribution is -2.17. The molecule has 0 aliphatic carbocycles. The van der Waals surface area contributed by atoms with Crippen LogP contribution >= 0.6 is 11.3 Å². The van der Waals surface area contributed by atoms with Crippen molar-refractivity contribution >= 4 is 17.2 Å². The topological polar surface area (TPSA) is 36.4 Å². The number of aliphatic hydroxyl groups excluding tert-OH is 1. The van der Waals surface area contributed by atoms with Gasteiger partial charge in [-0.25, -0.2) is 4.98 Å². The van der Waals surface area contributed by atoms with Gasteiger partial charge < -0.3 is 10.0 Å². The highest BCUT2D eigenvalue weighted by molar-refractivity contribution is 7.07. The molecule has 0 unspecified atom stereocenters. The minimum Gasteiger partial charge on any atom is -0.389 e. The Kier molecular flexibility index (Phi) is 3.76. The number of pyridine rings is 1. The number of hydrogen-bond donors (Lipinski definition) is 1. The molecule has 2 heterocycles. The Labute approximate surface area is 105 Å². The molecule has 0 radical (unpaired) electrons. The first-order valence-corrected chi connectivity index (χ1v) is 6.47. The van der Waals surface area contributed by atoms with E-state index in [1.165, 1.54) is 5.56 Å². The molecular weight excluding hydrogens is 232 g/mol. The quantitative estimate of drug-likeness (QED) is 0.904. The number of aliphatic hydroxyl groups is 1. The molecule has 0 saturated carbocycles. The Morgan fingerprint density at radius 1 is 1.41 bits per heavy atom. The van der Waals surface area contributed by atoms with Crippen molar-refractivity contribution in [2.45, 2.75) is 19.6 Å². The van der Waals surface area contributed by atoms with E-state index in [9.17, 15) is 5.11 Å². The van der Waals surface area contributed by atoms with Gasteiger partial charge >= 0.3 is 0 Å². The van der Waals surface area contributed by atoms with Gasteiger partial charge in [0.1, 0.15) is 5.82 Å². The molecule has 2 rings (SSSR count). The SMILES string of the molecule is C[C@@H](O)c1ccc(N(C)Cc2ccsc2)nc1. The maximum absolute atomic E-state index is 9.41. The fraction of sp³-hybridized carbons (Fsp3) is 0.308. The van der Waals surface area contributed by atoms with Crippen LogP contribution in [0.25, 0.3) is 0 Å². The van der Waals surface area contributed by atoms with Gasteiger partial charge in [-0.1, -0.05) is 6.07 Å². The molecule has 0 fully saturated rings. The van der Waals surface area contributed by atoms with Crippen molar-refractivity contribution in [2.75, 3.05) is 11.9 Å². The molecule has 0 bridgehead atoms. The van der Waals surface area contributed by atoms with E-state index in [1.807, 2.05) is 19.2 Å². The van der Waals surface area contributed by atoms with Crippen molar-refractivity contribution in [1.82, 2.24) is 4.98 Å². The number of rotatable bonds is 4. The predicted octanol–water partition coefficient (Wildman–Crippen LogP) is 2.83. The van der Waals surface area contributed by atoms with E-state index in [2.05, 4.69) is 26.7 Å². The summed E-state index contributed by atoms with van der Waals surface area (Å²) in [6, 6.07) is 5.97. The molecule has 0 spiro atoms. The largest absolute Gasteiger partial charge is 0.389 e. The van der Waals surface area contributed by atoms with Crippen LogP contribution in [0.3, 0.4) is 0 Å². The molecule has 90 valence electrons. The molecule has 0 aromatic carbocycles. The van der Waals surface area contributed by atoms with Gasteiger partial charge in [-0.05, 0) is 40.9 Å². The van der Waals surface area contributed by atoms with Gasteiger partial charge in [-0.15, -0.1) is 0 Å². The van der Waals surface area contributed by atoms with Gasteiger partial charge in [0.2, 0.25) is 0 Å². The monoisotopic (exact) mass is 248 g/mol. The van der Waals surface area contributed by atoms with Crippen LogP contribution in [-0.2, 0) is 6.54 Å². The van der Waals surface area contributed by atoms with Crippen molar-refractivity contribution in [3.8, 4) is 0 Å². The average molecular weight is 248 g/mol. The second-order valence-electron chi connectivity index (χ2n) is 4.11. The van der Waals surface area contributed by atoms with Crippen LogP contribution in [0.4, 0.5) is 5.82 Å². The Morgan fingerprint density at radius 2 is 2.24 bits per heavy atom. The first kappa shape index (κ1) is 12.1. The third-order valence-electron chi connectivity index (χ3n) is 2.64. The molecule has 1 N–H and O–H groups in total. The predicted molar refractivity (Wildman–Crippen MR) is 71.3 cm³/mol. The number of hydrogen-bond acceptors (Lipinski definition) is 4. The molecule has 0 aliphatic rings. The molecule has 17 heavy (non-hydrogen) atoms. The highest BCUT2D eigenvalue weighted by Gasteiger charge is 2.05. The summed E-state index contributed by atoms with van der Waals surface area (Å²) in [5, 5.41) is 13.6. The third kappa shape index (κ3) is 3.05. The van der Waals surface area contributed by atoms with Gasteiger partial charge in [0.15, 0.2) is 0 Å². The van der Waals surface area contributed by atoms with Crippen molar-refractivity contribution in [2.24, 2.45) is 0 Å². The Balaban J connectivity index is 2.06. The summed E-state index contributed by atoms with van der Waals surface area (Å²) in [7, 11) is 2.02. The Bertz CT molecular complexity index is 451. The second-order valence-corrected chi connectivity index (χ2v) is 4.89. The molecule has 2 aromatic heterocycles. The standard InChI is InChI=1S/C13H16N2OS/c1-10(16)12-3-4-13(14-7-12)15(2)8-11-5-6-17-9-11/h3-7,9-10,16H,8H2,1-2H3/t10-/m1/s1. The second kappa shape index (κ2) is 5.29. The molecule has 0 amide bonds. The summed E-state index contributed by atoms with van der Waals surface area (Å²) in [6.45, 7) is 2.59.